The Morgan fingerprint density at radius 3 is 2.78 bits per heavy atom. The maximum Gasteiger partial charge on any atom is 0.319 e. The van der Waals surface area contributed by atoms with Gasteiger partial charge in [-0.2, -0.15) is 11.8 Å². The van der Waals surface area contributed by atoms with E-state index >= 15 is 0 Å². The summed E-state index contributed by atoms with van der Waals surface area (Å²) in [6.45, 7) is 0. The number of amides is 2. The Morgan fingerprint density at radius 2 is 2.06 bits per heavy atom. The number of rotatable bonds is 3. The van der Waals surface area contributed by atoms with Crippen LogP contribution in [-0.2, 0) is 0 Å². The third-order valence-electron chi connectivity index (χ3n) is 2.91. The van der Waals surface area contributed by atoms with E-state index in [1.54, 1.807) is 11.8 Å². The van der Waals surface area contributed by atoms with E-state index in [2.05, 4.69) is 10.6 Å². The fraction of sp³-hybridized carbons (Fsp3) is 0.462. The van der Waals surface area contributed by atoms with Gasteiger partial charge in [0.15, 0.2) is 0 Å². The second-order valence-corrected chi connectivity index (χ2v) is 6.26. The predicted molar refractivity (Wildman–Crippen MR) is 80.7 cm³/mol. The molecule has 5 heteroatoms. The lowest BCUT2D eigenvalue weighted by Crippen LogP contribution is -2.40. The number of hydrogen-bond acceptors (Lipinski definition) is 3. The standard InChI is InChI=1S/C13H18N2OS2/c1-17-12-5-3-2-4-11(12)15-13(16)14-10-6-8-18-9-7-10/h2-5,10H,6-9H2,1H3,(H2,14,15,16). The molecular weight excluding hydrogens is 264 g/mol. The molecule has 2 N–H and O–H groups in total. The van der Waals surface area contributed by atoms with Gasteiger partial charge in [-0.1, -0.05) is 12.1 Å². The van der Waals surface area contributed by atoms with E-state index in [1.165, 1.54) is 0 Å². The molecular formula is C13H18N2OS2. The molecule has 0 radical (unpaired) electrons. The lowest BCUT2D eigenvalue weighted by molar-refractivity contribution is 0.247. The Hall–Kier alpha value is -0.810. The van der Waals surface area contributed by atoms with Crippen LogP contribution in [0.3, 0.4) is 0 Å². The molecule has 3 nitrogen and oxygen atoms in total. The molecule has 0 aliphatic carbocycles. The van der Waals surface area contributed by atoms with Crippen LogP contribution in [0.1, 0.15) is 12.8 Å². The number of thioether (sulfide) groups is 2. The third kappa shape index (κ3) is 3.85. The summed E-state index contributed by atoms with van der Waals surface area (Å²) < 4.78 is 0. The number of carbonyl (C=O) groups excluding carboxylic acids is 1. The van der Waals surface area contributed by atoms with Gasteiger partial charge in [-0.15, -0.1) is 11.8 Å². The molecule has 1 aliphatic rings. The first-order chi connectivity index (χ1) is 8.79. The molecule has 1 aromatic rings. The van der Waals surface area contributed by atoms with Gasteiger partial charge >= 0.3 is 6.03 Å². The van der Waals surface area contributed by atoms with Crippen LogP contribution in [0.25, 0.3) is 0 Å². The van der Waals surface area contributed by atoms with Crippen LogP contribution < -0.4 is 10.6 Å². The average molecular weight is 282 g/mol. The van der Waals surface area contributed by atoms with E-state index in [1.807, 2.05) is 42.3 Å². The number of anilines is 1. The zero-order valence-electron chi connectivity index (χ0n) is 10.4. The lowest BCUT2D eigenvalue weighted by Gasteiger charge is -2.22. The van der Waals surface area contributed by atoms with Gasteiger partial charge in [0.05, 0.1) is 5.69 Å². The Balaban J connectivity index is 1.90. The summed E-state index contributed by atoms with van der Waals surface area (Å²) in [6.07, 6.45) is 4.15. The molecule has 0 spiro atoms. The highest BCUT2D eigenvalue weighted by Gasteiger charge is 2.16. The van der Waals surface area contributed by atoms with Crippen LogP contribution in [0, 0.1) is 0 Å². The van der Waals surface area contributed by atoms with Gasteiger partial charge in [0.25, 0.3) is 0 Å². The molecule has 2 amide bonds. The van der Waals surface area contributed by atoms with E-state index in [0.717, 1.165) is 34.9 Å². The first-order valence-electron chi connectivity index (χ1n) is 6.08. The first-order valence-corrected chi connectivity index (χ1v) is 8.46. The molecule has 0 aromatic heterocycles. The van der Waals surface area contributed by atoms with E-state index in [0.29, 0.717) is 6.04 Å². The summed E-state index contributed by atoms with van der Waals surface area (Å²) in [5, 5.41) is 5.98. The molecule has 0 saturated carbocycles. The van der Waals surface area contributed by atoms with Crippen molar-refractivity contribution < 1.29 is 4.79 Å². The van der Waals surface area contributed by atoms with Crippen molar-refractivity contribution in [3.8, 4) is 0 Å². The maximum absolute atomic E-state index is 11.9. The highest BCUT2D eigenvalue weighted by molar-refractivity contribution is 7.99. The minimum absolute atomic E-state index is 0.0894. The van der Waals surface area contributed by atoms with Gasteiger partial charge in [0.2, 0.25) is 0 Å². The molecule has 98 valence electrons. The van der Waals surface area contributed by atoms with Crippen molar-refractivity contribution in [2.75, 3.05) is 23.1 Å². The molecule has 0 atom stereocenters. The quantitative estimate of drug-likeness (QED) is 0.835. The van der Waals surface area contributed by atoms with Crippen LogP contribution in [0.15, 0.2) is 29.2 Å². The van der Waals surface area contributed by atoms with Gasteiger partial charge in [0.1, 0.15) is 0 Å². The largest absolute Gasteiger partial charge is 0.335 e. The average Bonchev–Trinajstić information content (AvgIpc) is 2.40. The number of hydrogen-bond donors (Lipinski definition) is 2. The van der Waals surface area contributed by atoms with Gasteiger partial charge in [-0.05, 0) is 42.7 Å². The molecule has 0 unspecified atom stereocenters. The van der Waals surface area contributed by atoms with Crippen molar-refractivity contribution in [3.05, 3.63) is 24.3 Å². The SMILES string of the molecule is CSc1ccccc1NC(=O)NC1CCSCC1. The van der Waals surface area contributed by atoms with Crippen molar-refractivity contribution in [1.82, 2.24) is 5.32 Å². The summed E-state index contributed by atoms with van der Waals surface area (Å²) in [6, 6.07) is 8.10. The number of urea groups is 1. The van der Waals surface area contributed by atoms with Crippen LogP contribution in [0.2, 0.25) is 0 Å². The first kappa shape index (κ1) is 13.6. The molecule has 1 aromatic carbocycles. The van der Waals surface area contributed by atoms with Crippen LogP contribution in [0.5, 0.6) is 0 Å². The molecule has 18 heavy (non-hydrogen) atoms. The van der Waals surface area contributed by atoms with Crippen molar-refractivity contribution in [1.29, 1.82) is 0 Å². The van der Waals surface area contributed by atoms with Crippen LogP contribution in [-0.4, -0.2) is 29.8 Å². The topological polar surface area (TPSA) is 41.1 Å². The number of benzene rings is 1. The van der Waals surface area contributed by atoms with Crippen LogP contribution in [0.4, 0.5) is 10.5 Å². The van der Waals surface area contributed by atoms with E-state index in [-0.39, 0.29) is 6.03 Å². The normalized spacial score (nSPS) is 16.3. The van der Waals surface area contributed by atoms with Crippen LogP contribution >= 0.6 is 23.5 Å². The molecule has 1 fully saturated rings. The van der Waals surface area contributed by atoms with Gasteiger partial charge in [-0.3, -0.25) is 0 Å². The maximum atomic E-state index is 11.9. The minimum Gasteiger partial charge on any atom is -0.335 e. The molecule has 1 aliphatic heterocycles. The number of para-hydroxylation sites is 1. The highest BCUT2D eigenvalue weighted by atomic mass is 32.2. The zero-order valence-corrected chi connectivity index (χ0v) is 12.1. The highest BCUT2D eigenvalue weighted by Crippen LogP contribution is 2.24. The summed E-state index contributed by atoms with van der Waals surface area (Å²) >= 11 is 3.60. The summed E-state index contributed by atoms with van der Waals surface area (Å²) in [7, 11) is 0. The fourth-order valence-electron chi connectivity index (χ4n) is 1.93. The summed E-state index contributed by atoms with van der Waals surface area (Å²) in [5.41, 5.74) is 0.882. The Bertz CT molecular complexity index is 406. The molecule has 1 heterocycles. The van der Waals surface area contributed by atoms with Crippen molar-refractivity contribution in [3.63, 3.8) is 0 Å². The van der Waals surface area contributed by atoms with Gasteiger partial charge in [0, 0.05) is 10.9 Å². The van der Waals surface area contributed by atoms with Crippen molar-refractivity contribution in [2.45, 2.75) is 23.8 Å². The fourth-order valence-corrected chi connectivity index (χ4v) is 3.59. The zero-order chi connectivity index (χ0) is 12.8. The minimum atomic E-state index is -0.0894. The molecule has 2 rings (SSSR count). The Morgan fingerprint density at radius 1 is 1.33 bits per heavy atom. The van der Waals surface area contributed by atoms with Gasteiger partial charge in [-0.25, -0.2) is 4.79 Å². The summed E-state index contributed by atoms with van der Waals surface area (Å²) in [5.74, 6) is 2.29. The second-order valence-electron chi connectivity index (χ2n) is 4.19. The lowest BCUT2D eigenvalue weighted by atomic mass is 10.2. The predicted octanol–water partition coefficient (Wildman–Crippen LogP) is 3.43. The molecule has 0 bridgehead atoms. The monoisotopic (exact) mass is 282 g/mol. The summed E-state index contributed by atoms with van der Waals surface area (Å²) in [4.78, 5) is 13.0. The van der Waals surface area contributed by atoms with Crippen molar-refractivity contribution in [2.24, 2.45) is 0 Å². The second kappa shape index (κ2) is 6.95. The van der Waals surface area contributed by atoms with Crippen molar-refractivity contribution >= 4 is 35.2 Å². The third-order valence-corrected chi connectivity index (χ3v) is 4.76. The van der Waals surface area contributed by atoms with Gasteiger partial charge < -0.3 is 10.6 Å². The van der Waals surface area contributed by atoms with E-state index in [9.17, 15) is 4.79 Å². The Labute approximate surface area is 116 Å². The number of carbonyl (C=O) groups is 1. The number of nitrogens with one attached hydrogen (secondary N) is 2. The molecule has 1 saturated heterocycles. The Kier molecular flexibility index (Phi) is 5.26. The smallest absolute Gasteiger partial charge is 0.319 e. The van der Waals surface area contributed by atoms with E-state index in [4.69, 9.17) is 0 Å². The van der Waals surface area contributed by atoms with E-state index < -0.39 is 0 Å².